The number of alkyl halides is 3. The third-order valence-corrected chi connectivity index (χ3v) is 2.63. The van der Waals surface area contributed by atoms with E-state index in [0.717, 1.165) is 6.07 Å². The van der Waals surface area contributed by atoms with E-state index in [2.05, 4.69) is 0 Å². The summed E-state index contributed by atoms with van der Waals surface area (Å²) in [7, 11) is 0. The topological polar surface area (TPSA) is 52.0 Å². The smallest absolute Gasteiger partial charge is 0.330 e. The van der Waals surface area contributed by atoms with Crippen molar-refractivity contribution >= 4 is 24.0 Å². The molecule has 17 heavy (non-hydrogen) atoms. The number of benzene rings is 1. The Morgan fingerprint density at radius 3 is 2.35 bits per heavy atom. The van der Waals surface area contributed by atoms with Crippen molar-refractivity contribution in [2.75, 3.05) is 6.54 Å². The molecule has 7 heteroatoms. The summed E-state index contributed by atoms with van der Waals surface area (Å²) in [6, 6.07) is 3.14. The molecule has 0 aliphatic rings. The minimum Gasteiger partial charge on any atom is -0.330 e. The van der Waals surface area contributed by atoms with Crippen molar-refractivity contribution in [3.05, 3.63) is 34.3 Å². The molecule has 0 aromatic heterocycles. The quantitative estimate of drug-likeness (QED) is 0.898. The van der Waals surface area contributed by atoms with Crippen molar-refractivity contribution in [3.8, 4) is 0 Å². The van der Waals surface area contributed by atoms with Crippen LogP contribution < -0.4 is 11.5 Å². The van der Waals surface area contributed by atoms with Gasteiger partial charge in [0.1, 0.15) is 0 Å². The molecular weight excluding hydrogens is 276 g/mol. The van der Waals surface area contributed by atoms with Crippen LogP contribution in [0.4, 0.5) is 13.2 Å². The van der Waals surface area contributed by atoms with E-state index in [1.54, 1.807) is 0 Å². The first-order chi connectivity index (χ1) is 7.38. The Kier molecular flexibility index (Phi) is 6.26. The molecule has 0 saturated carbocycles. The Balaban J connectivity index is 0.00000256. The Labute approximate surface area is 109 Å². The van der Waals surface area contributed by atoms with E-state index in [-0.39, 0.29) is 23.0 Å². The summed E-state index contributed by atoms with van der Waals surface area (Å²) in [5, 5.41) is -0.337. The first-order valence-corrected chi connectivity index (χ1v) is 5.07. The predicted octanol–water partition coefficient (Wildman–Crippen LogP) is 3.13. The monoisotopic (exact) mass is 288 g/mol. The fraction of sp³-hybridized carbons (Fsp3) is 0.400. The lowest BCUT2D eigenvalue weighted by atomic mass is 10.0. The van der Waals surface area contributed by atoms with Crippen LogP contribution in [0.15, 0.2) is 18.2 Å². The van der Waals surface area contributed by atoms with Gasteiger partial charge in [0.25, 0.3) is 0 Å². The minimum absolute atomic E-state index is 0. The zero-order valence-corrected chi connectivity index (χ0v) is 10.4. The molecule has 0 saturated heterocycles. The molecule has 1 aromatic carbocycles. The van der Waals surface area contributed by atoms with Gasteiger partial charge in [-0.25, -0.2) is 0 Å². The highest BCUT2D eigenvalue weighted by atomic mass is 35.5. The third-order valence-electron chi connectivity index (χ3n) is 2.21. The van der Waals surface area contributed by atoms with Crippen molar-refractivity contribution < 1.29 is 13.2 Å². The van der Waals surface area contributed by atoms with Crippen LogP contribution in [0.5, 0.6) is 0 Å². The third kappa shape index (κ3) is 4.03. The van der Waals surface area contributed by atoms with Crippen LogP contribution in [0.1, 0.15) is 23.6 Å². The number of rotatable bonds is 3. The van der Waals surface area contributed by atoms with Crippen LogP contribution in [0.2, 0.25) is 5.02 Å². The summed E-state index contributed by atoms with van der Waals surface area (Å²) in [5.74, 6) is 0. The predicted molar refractivity (Wildman–Crippen MR) is 64.3 cm³/mol. The van der Waals surface area contributed by atoms with Gasteiger partial charge >= 0.3 is 6.18 Å². The second-order valence-electron chi connectivity index (χ2n) is 3.39. The van der Waals surface area contributed by atoms with Gasteiger partial charge in [0.2, 0.25) is 0 Å². The summed E-state index contributed by atoms with van der Waals surface area (Å²) in [6.45, 7) is 0.299. The number of hydrogen-bond acceptors (Lipinski definition) is 2. The standard InChI is InChI=1S/C10H12ClF3N2.ClH/c11-9-6(8(16)4-5-15)2-1-3-7(9)10(12,13)14;/h1-3,8H,4-5,15-16H2;1H/t8-;/m1./s1. The van der Waals surface area contributed by atoms with Gasteiger partial charge in [-0.05, 0) is 24.6 Å². The Morgan fingerprint density at radius 2 is 1.88 bits per heavy atom. The van der Waals surface area contributed by atoms with Crippen molar-refractivity contribution in [3.63, 3.8) is 0 Å². The fourth-order valence-corrected chi connectivity index (χ4v) is 1.76. The van der Waals surface area contributed by atoms with Gasteiger partial charge in [0.15, 0.2) is 0 Å². The van der Waals surface area contributed by atoms with Crippen LogP contribution >= 0.6 is 24.0 Å². The molecule has 4 N–H and O–H groups in total. The molecule has 0 radical (unpaired) electrons. The van der Waals surface area contributed by atoms with Gasteiger partial charge < -0.3 is 11.5 Å². The Hall–Kier alpha value is -0.490. The Morgan fingerprint density at radius 1 is 1.29 bits per heavy atom. The molecular formula is C10H13Cl2F3N2. The van der Waals surface area contributed by atoms with Crippen molar-refractivity contribution in [2.24, 2.45) is 11.5 Å². The van der Waals surface area contributed by atoms with Crippen molar-refractivity contribution in [1.29, 1.82) is 0 Å². The van der Waals surface area contributed by atoms with Crippen LogP contribution in [0, 0.1) is 0 Å². The lowest BCUT2D eigenvalue weighted by Crippen LogP contribution is -2.17. The molecule has 1 aromatic rings. The van der Waals surface area contributed by atoms with Crippen molar-refractivity contribution in [1.82, 2.24) is 0 Å². The van der Waals surface area contributed by atoms with E-state index < -0.39 is 17.8 Å². The first kappa shape index (κ1) is 16.5. The van der Waals surface area contributed by atoms with E-state index >= 15 is 0 Å². The Bertz CT molecular complexity index is 369. The van der Waals surface area contributed by atoms with Gasteiger partial charge in [0.05, 0.1) is 10.6 Å². The van der Waals surface area contributed by atoms with E-state index in [1.807, 2.05) is 0 Å². The fourth-order valence-electron chi connectivity index (χ4n) is 1.39. The molecule has 0 bridgehead atoms. The molecule has 0 spiro atoms. The van der Waals surface area contributed by atoms with Gasteiger partial charge in [-0.1, -0.05) is 23.7 Å². The highest BCUT2D eigenvalue weighted by molar-refractivity contribution is 6.32. The average Bonchev–Trinajstić information content (AvgIpc) is 2.16. The zero-order chi connectivity index (χ0) is 12.3. The zero-order valence-electron chi connectivity index (χ0n) is 8.80. The maximum atomic E-state index is 12.5. The first-order valence-electron chi connectivity index (χ1n) is 4.69. The van der Waals surface area contributed by atoms with Crippen molar-refractivity contribution in [2.45, 2.75) is 18.6 Å². The lowest BCUT2D eigenvalue weighted by Gasteiger charge is -2.16. The molecule has 0 unspecified atom stereocenters. The molecule has 0 fully saturated rings. The molecule has 0 aliphatic carbocycles. The van der Waals surface area contributed by atoms with Gasteiger partial charge in [-0.15, -0.1) is 12.4 Å². The van der Waals surface area contributed by atoms with Crippen LogP contribution in [0.25, 0.3) is 0 Å². The second-order valence-corrected chi connectivity index (χ2v) is 3.77. The second kappa shape index (κ2) is 6.44. The average molecular weight is 289 g/mol. The van der Waals surface area contributed by atoms with E-state index in [4.69, 9.17) is 23.1 Å². The SMILES string of the molecule is Cl.NCC[C@@H](N)c1cccc(C(F)(F)F)c1Cl. The van der Waals surface area contributed by atoms with E-state index in [9.17, 15) is 13.2 Å². The molecule has 98 valence electrons. The van der Waals surface area contributed by atoms with Crippen LogP contribution in [-0.4, -0.2) is 6.54 Å². The molecule has 1 atom stereocenters. The molecule has 1 rings (SSSR count). The largest absolute Gasteiger partial charge is 0.417 e. The highest BCUT2D eigenvalue weighted by Crippen LogP contribution is 2.37. The summed E-state index contributed by atoms with van der Waals surface area (Å²) >= 11 is 5.68. The van der Waals surface area contributed by atoms with Crippen LogP contribution in [-0.2, 0) is 6.18 Å². The number of halogens is 5. The minimum atomic E-state index is -4.46. The maximum absolute atomic E-state index is 12.5. The molecule has 0 aliphatic heterocycles. The number of hydrogen-bond donors (Lipinski definition) is 2. The maximum Gasteiger partial charge on any atom is 0.417 e. The molecule has 2 nitrogen and oxygen atoms in total. The summed E-state index contributed by atoms with van der Waals surface area (Å²) in [6.07, 6.45) is -4.07. The molecule has 0 heterocycles. The summed E-state index contributed by atoms with van der Waals surface area (Å²) in [4.78, 5) is 0. The summed E-state index contributed by atoms with van der Waals surface area (Å²) in [5.41, 5.74) is 10.4. The van der Waals surface area contributed by atoms with Gasteiger partial charge in [0, 0.05) is 6.04 Å². The highest BCUT2D eigenvalue weighted by Gasteiger charge is 2.34. The van der Waals surface area contributed by atoms with Gasteiger partial charge in [-0.2, -0.15) is 13.2 Å². The normalized spacial score (nSPS) is 13.1. The molecule has 0 amide bonds. The number of nitrogens with two attached hydrogens (primary N) is 2. The lowest BCUT2D eigenvalue weighted by molar-refractivity contribution is -0.137. The van der Waals surface area contributed by atoms with Gasteiger partial charge in [-0.3, -0.25) is 0 Å². The van der Waals surface area contributed by atoms with E-state index in [1.165, 1.54) is 12.1 Å². The van der Waals surface area contributed by atoms with E-state index in [0.29, 0.717) is 13.0 Å². The van der Waals surface area contributed by atoms with Crippen LogP contribution in [0.3, 0.4) is 0 Å². The summed E-state index contributed by atoms with van der Waals surface area (Å²) < 4.78 is 37.6.